The van der Waals surface area contributed by atoms with Crippen LogP contribution >= 0.6 is 0 Å². The number of nitrogens with zero attached hydrogens (tertiary/aromatic N) is 1. The van der Waals surface area contributed by atoms with Gasteiger partial charge in [-0.2, -0.15) is 0 Å². The first kappa shape index (κ1) is 28.8. The number of amides is 1. The van der Waals surface area contributed by atoms with Crippen molar-refractivity contribution < 1.29 is 23.9 Å². The fourth-order valence-corrected chi connectivity index (χ4v) is 4.32. The highest BCUT2D eigenvalue weighted by Gasteiger charge is 2.19. The molecule has 0 N–H and O–H groups in total. The van der Waals surface area contributed by atoms with Gasteiger partial charge in [0.25, 0.3) is 0 Å². The monoisotopic (exact) mass is 515 g/mol. The molecule has 0 spiro atoms. The molecule has 3 aromatic rings. The van der Waals surface area contributed by atoms with Gasteiger partial charge in [-0.1, -0.05) is 72.8 Å². The maximum absolute atomic E-state index is 12.7. The Hall–Kier alpha value is -3.77. The Labute approximate surface area is 225 Å². The van der Waals surface area contributed by atoms with E-state index in [-0.39, 0.29) is 17.7 Å². The molecular weight excluding hydrogens is 478 g/mol. The minimum absolute atomic E-state index is 0.0707. The average Bonchev–Trinajstić information content (AvgIpc) is 2.95. The Morgan fingerprint density at radius 1 is 0.816 bits per heavy atom. The largest absolute Gasteiger partial charge is 0.467 e. The van der Waals surface area contributed by atoms with Crippen LogP contribution in [0.1, 0.15) is 54.1 Å². The van der Waals surface area contributed by atoms with Crippen molar-refractivity contribution in [2.24, 2.45) is 0 Å². The zero-order valence-electron chi connectivity index (χ0n) is 22.5. The van der Waals surface area contributed by atoms with Crippen LogP contribution in [0.4, 0.5) is 0 Å². The molecule has 0 aliphatic rings. The van der Waals surface area contributed by atoms with Crippen molar-refractivity contribution in [3.63, 3.8) is 0 Å². The molecule has 6 nitrogen and oxygen atoms in total. The lowest BCUT2D eigenvalue weighted by Gasteiger charge is -2.18. The molecule has 3 aromatic carbocycles. The van der Waals surface area contributed by atoms with Crippen LogP contribution in [0.25, 0.3) is 11.1 Å². The van der Waals surface area contributed by atoms with Gasteiger partial charge in [-0.3, -0.25) is 9.59 Å². The van der Waals surface area contributed by atoms with Crippen LogP contribution in [0.2, 0.25) is 0 Å². The van der Waals surface area contributed by atoms with Crippen LogP contribution in [0.5, 0.6) is 0 Å². The molecule has 0 aliphatic heterocycles. The molecule has 0 aliphatic carbocycles. The van der Waals surface area contributed by atoms with E-state index in [9.17, 15) is 14.4 Å². The van der Waals surface area contributed by atoms with Crippen molar-refractivity contribution in [3.8, 4) is 11.1 Å². The molecule has 6 heteroatoms. The normalized spacial score (nSPS) is 11.6. The van der Waals surface area contributed by atoms with Crippen molar-refractivity contribution >= 4 is 17.7 Å². The molecule has 0 bridgehead atoms. The van der Waals surface area contributed by atoms with Gasteiger partial charge in [-0.15, -0.1) is 0 Å². The summed E-state index contributed by atoms with van der Waals surface area (Å²) in [5.41, 5.74) is 4.87. The second-order valence-electron chi connectivity index (χ2n) is 9.31. The highest BCUT2D eigenvalue weighted by atomic mass is 16.6. The van der Waals surface area contributed by atoms with E-state index in [1.807, 2.05) is 86.8 Å². The predicted molar refractivity (Wildman–Crippen MR) is 149 cm³/mol. The third-order valence-corrected chi connectivity index (χ3v) is 6.45. The number of ketones is 1. The number of esters is 1. The van der Waals surface area contributed by atoms with Crippen LogP contribution in [0, 0.1) is 0 Å². The van der Waals surface area contributed by atoms with Crippen LogP contribution in [-0.2, 0) is 32.0 Å². The van der Waals surface area contributed by atoms with Crippen LogP contribution in [0.3, 0.4) is 0 Å². The van der Waals surface area contributed by atoms with Crippen molar-refractivity contribution in [1.29, 1.82) is 0 Å². The number of methoxy groups -OCH3 is 1. The number of hydrogen-bond donors (Lipinski definition) is 0. The second-order valence-corrected chi connectivity index (χ2v) is 9.31. The number of ether oxygens (including phenoxy) is 2. The molecule has 200 valence electrons. The maximum Gasteiger partial charge on any atom is 0.335 e. The van der Waals surface area contributed by atoms with Crippen LogP contribution in [-0.4, -0.2) is 49.4 Å². The van der Waals surface area contributed by atoms with Crippen molar-refractivity contribution in [1.82, 2.24) is 4.90 Å². The molecule has 0 saturated heterocycles. The lowest BCUT2D eigenvalue weighted by atomic mass is 9.99. The van der Waals surface area contributed by atoms with Gasteiger partial charge in [0, 0.05) is 45.0 Å². The van der Waals surface area contributed by atoms with Crippen molar-refractivity contribution in [3.05, 3.63) is 95.6 Å². The lowest BCUT2D eigenvalue weighted by Crippen LogP contribution is -2.28. The van der Waals surface area contributed by atoms with Crippen LogP contribution < -0.4 is 0 Å². The Morgan fingerprint density at radius 2 is 1.53 bits per heavy atom. The van der Waals surface area contributed by atoms with Gasteiger partial charge in [0.05, 0.1) is 7.11 Å². The molecule has 0 saturated carbocycles. The summed E-state index contributed by atoms with van der Waals surface area (Å²) >= 11 is 0. The number of Topliss-reactive ketones (excluding diaryl/α,β-unsaturated/α-hetero) is 1. The van der Waals surface area contributed by atoms with E-state index < -0.39 is 6.10 Å². The molecule has 0 fully saturated rings. The van der Waals surface area contributed by atoms with E-state index >= 15 is 0 Å². The SMILES string of the molecule is CCOC(Cc1ccc(-c2cccc(CN(C)C(=O)CCCCC(=O)c3ccccc3)c2)cc1)C(=O)OC. The summed E-state index contributed by atoms with van der Waals surface area (Å²) in [6.45, 7) is 2.81. The highest BCUT2D eigenvalue weighted by Crippen LogP contribution is 2.23. The second kappa shape index (κ2) is 14.8. The van der Waals surface area contributed by atoms with E-state index in [0.29, 0.717) is 45.3 Å². The lowest BCUT2D eigenvalue weighted by molar-refractivity contribution is -0.153. The molecule has 0 aromatic heterocycles. The quantitative estimate of drug-likeness (QED) is 0.152. The van der Waals surface area contributed by atoms with Gasteiger partial charge in [0.15, 0.2) is 11.9 Å². The zero-order chi connectivity index (χ0) is 27.3. The van der Waals surface area contributed by atoms with Gasteiger partial charge < -0.3 is 14.4 Å². The third kappa shape index (κ3) is 8.67. The van der Waals surface area contributed by atoms with E-state index in [4.69, 9.17) is 9.47 Å². The first-order valence-electron chi connectivity index (χ1n) is 13.1. The molecule has 3 rings (SSSR count). The number of rotatable bonds is 14. The third-order valence-electron chi connectivity index (χ3n) is 6.45. The zero-order valence-corrected chi connectivity index (χ0v) is 22.5. The molecule has 1 amide bonds. The molecule has 0 heterocycles. The van der Waals surface area contributed by atoms with Gasteiger partial charge >= 0.3 is 5.97 Å². The minimum atomic E-state index is -0.614. The summed E-state index contributed by atoms with van der Waals surface area (Å²) in [6.07, 6.45) is 2.10. The van der Waals surface area contributed by atoms with Crippen LogP contribution in [0.15, 0.2) is 78.9 Å². The maximum atomic E-state index is 12.7. The van der Waals surface area contributed by atoms with Crippen molar-refractivity contribution in [2.45, 2.75) is 51.7 Å². The summed E-state index contributed by atoms with van der Waals surface area (Å²) in [7, 11) is 3.18. The number of unbranched alkanes of at least 4 members (excludes halogenated alkanes) is 1. The number of carbonyl (C=O) groups is 3. The fraction of sp³-hybridized carbons (Fsp3) is 0.344. The highest BCUT2D eigenvalue weighted by molar-refractivity contribution is 5.95. The van der Waals surface area contributed by atoms with E-state index in [0.717, 1.165) is 27.8 Å². The van der Waals surface area contributed by atoms with Gasteiger partial charge in [-0.25, -0.2) is 4.79 Å². The Bertz CT molecular complexity index is 1190. The van der Waals surface area contributed by atoms with E-state index in [1.54, 1.807) is 4.90 Å². The molecule has 1 unspecified atom stereocenters. The fourth-order valence-electron chi connectivity index (χ4n) is 4.32. The summed E-state index contributed by atoms with van der Waals surface area (Å²) < 4.78 is 10.4. The molecular formula is C32H37NO5. The average molecular weight is 516 g/mol. The van der Waals surface area contributed by atoms with Crippen molar-refractivity contribution in [2.75, 3.05) is 20.8 Å². The van der Waals surface area contributed by atoms with Gasteiger partial charge in [0.1, 0.15) is 0 Å². The summed E-state index contributed by atoms with van der Waals surface area (Å²) in [5, 5.41) is 0. The Kier molecular flexibility index (Phi) is 11.2. The Morgan fingerprint density at radius 3 is 2.21 bits per heavy atom. The minimum Gasteiger partial charge on any atom is -0.467 e. The summed E-state index contributed by atoms with van der Waals surface area (Å²) in [5.74, 6) is -0.182. The van der Waals surface area contributed by atoms with E-state index in [2.05, 4.69) is 6.07 Å². The predicted octanol–water partition coefficient (Wildman–Crippen LogP) is 5.88. The molecule has 38 heavy (non-hydrogen) atoms. The summed E-state index contributed by atoms with van der Waals surface area (Å²) in [4.78, 5) is 38.6. The van der Waals surface area contributed by atoms with Gasteiger partial charge in [-0.05, 0) is 48.1 Å². The summed E-state index contributed by atoms with van der Waals surface area (Å²) in [6, 6.07) is 25.5. The molecule has 0 radical (unpaired) electrons. The Balaban J connectivity index is 1.50. The van der Waals surface area contributed by atoms with Gasteiger partial charge in [0.2, 0.25) is 5.91 Å². The first-order chi connectivity index (χ1) is 18.4. The standard InChI is InChI=1S/C32H37NO5/c1-4-38-30(32(36)37-3)22-24-17-19-26(20-18-24)28-14-10-11-25(21-28)23-33(2)31(35)16-9-8-15-29(34)27-12-6-5-7-13-27/h5-7,10-14,17-21,30H,4,8-9,15-16,22-23H2,1-3H3. The smallest absolute Gasteiger partial charge is 0.335 e. The number of benzene rings is 3. The topological polar surface area (TPSA) is 72.9 Å². The number of hydrogen-bond acceptors (Lipinski definition) is 5. The molecule has 1 atom stereocenters. The van der Waals surface area contributed by atoms with E-state index in [1.165, 1.54) is 7.11 Å². The number of carbonyl (C=O) groups excluding carboxylic acids is 3. The first-order valence-corrected chi connectivity index (χ1v) is 13.1.